The molecule has 4 nitrogen and oxygen atoms in total. The van der Waals surface area contributed by atoms with Gasteiger partial charge in [-0.05, 0) is 12.8 Å². The lowest BCUT2D eigenvalue weighted by Gasteiger charge is -2.13. The molecule has 0 spiro atoms. The van der Waals surface area contributed by atoms with E-state index in [4.69, 9.17) is 9.84 Å². The molecule has 92 valence electrons. The predicted octanol–water partition coefficient (Wildman–Crippen LogP) is 2.34. The summed E-state index contributed by atoms with van der Waals surface area (Å²) >= 11 is 0. The van der Waals surface area contributed by atoms with Crippen LogP contribution in [0.15, 0.2) is 12.4 Å². The van der Waals surface area contributed by atoms with Crippen molar-refractivity contribution in [3.8, 4) is 5.75 Å². The van der Waals surface area contributed by atoms with E-state index in [1.807, 2.05) is 0 Å². The molecule has 7 heteroatoms. The third-order valence-corrected chi connectivity index (χ3v) is 2.25. The highest BCUT2D eigenvalue weighted by molar-refractivity contribution is 5.92. The van der Waals surface area contributed by atoms with Crippen LogP contribution in [0, 0.1) is 0 Å². The van der Waals surface area contributed by atoms with Crippen LogP contribution in [-0.4, -0.2) is 22.2 Å². The smallest absolute Gasteiger partial charge is 0.418 e. The molecule has 1 fully saturated rings. The minimum absolute atomic E-state index is 0.196. The fourth-order valence-corrected chi connectivity index (χ4v) is 1.33. The van der Waals surface area contributed by atoms with Gasteiger partial charge in [-0.15, -0.1) is 0 Å². The highest BCUT2D eigenvalue weighted by atomic mass is 19.4. The van der Waals surface area contributed by atoms with E-state index >= 15 is 0 Å². The second-order valence-electron chi connectivity index (χ2n) is 3.68. The van der Waals surface area contributed by atoms with E-state index in [-0.39, 0.29) is 11.9 Å². The Labute approximate surface area is 94.0 Å². The zero-order chi connectivity index (χ0) is 12.6. The molecule has 1 N–H and O–H groups in total. The van der Waals surface area contributed by atoms with Crippen LogP contribution in [0.3, 0.4) is 0 Å². The lowest BCUT2D eigenvalue weighted by molar-refractivity contribution is -0.138. The number of pyridine rings is 1. The first-order chi connectivity index (χ1) is 7.89. The summed E-state index contributed by atoms with van der Waals surface area (Å²) in [5, 5.41) is 8.84. The van der Waals surface area contributed by atoms with Gasteiger partial charge in [0.2, 0.25) is 0 Å². The number of hydrogen-bond acceptors (Lipinski definition) is 3. The number of carboxylic acid groups (broad SMARTS) is 1. The van der Waals surface area contributed by atoms with Crippen molar-refractivity contribution in [1.82, 2.24) is 4.98 Å². The highest BCUT2D eigenvalue weighted by Crippen LogP contribution is 2.37. The molecule has 2 rings (SSSR count). The van der Waals surface area contributed by atoms with Crippen molar-refractivity contribution in [2.75, 3.05) is 0 Å². The van der Waals surface area contributed by atoms with Crippen LogP contribution in [-0.2, 0) is 6.18 Å². The van der Waals surface area contributed by atoms with E-state index in [0.29, 0.717) is 6.20 Å². The molecule has 0 aliphatic heterocycles. The second kappa shape index (κ2) is 3.90. The quantitative estimate of drug-likeness (QED) is 0.890. The Bertz CT molecular complexity index is 455. The van der Waals surface area contributed by atoms with Gasteiger partial charge < -0.3 is 9.84 Å². The van der Waals surface area contributed by atoms with Crippen molar-refractivity contribution in [2.45, 2.75) is 25.1 Å². The van der Waals surface area contributed by atoms with E-state index in [1.54, 1.807) is 0 Å². The van der Waals surface area contributed by atoms with Crippen LogP contribution in [0.2, 0.25) is 0 Å². The maximum atomic E-state index is 12.6. The van der Waals surface area contributed by atoms with Gasteiger partial charge in [0.15, 0.2) is 5.75 Å². The number of nitrogens with zero attached hydrogens (tertiary/aromatic N) is 1. The maximum absolute atomic E-state index is 12.6. The van der Waals surface area contributed by atoms with E-state index in [1.165, 1.54) is 0 Å². The Morgan fingerprint density at radius 1 is 1.41 bits per heavy atom. The molecule has 1 heterocycles. The van der Waals surface area contributed by atoms with Crippen molar-refractivity contribution < 1.29 is 27.8 Å². The summed E-state index contributed by atoms with van der Waals surface area (Å²) < 4.78 is 42.9. The summed E-state index contributed by atoms with van der Waals surface area (Å²) in [6, 6.07) is 0. The van der Waals surface area contributed by atoms with Crippen molar-refractivity contribution in [1.29, 1.82) is 0 Å². The number of halogens is 3. The van der Waals surface area contributed by atoms with Crippen LogP contribution >= 0.6 is 0 Å². The first-order valence-corrected chi connectivity index (χ1v) is 4.84. The summed E-state index contributed by atoms with van der Waals surface area (Å²) in [6.45, 7) is 0. The lowest BCUT2D eigenvalue weighted by Crippen LogP contribution is -2.15. The van der Waals surface area contributed by atoms with E-state index in [9.17, 15) is 18.0 Å². The average molecular weight is 247 g/mol. The van der Waals surface area contributed by atoms with Crippen LogP contribution in [0.1, 0.15) is 28.8 Å². The van der Waals surface area contributed by atoms with Gasteiger partial charge in [-0.1, -0.05) is 0 Å². The molecule has 1 aliphatic carbocycles. The number of aromatic nitrogens is 1. The van der Waals surface area contributed by atoms with E-state index < -0.39 is 23.3 Å². The molecule has 0 atom stereocenters. The number of carboxylic acids is 1. The summed E-state index contributed by atoms with van der Waals surface area (Å²) in [4.78, 5) is 14.3. The maximum Gasteiger partial charge on any atom is 0.418 e. The Morgan fingerprint density at radius 2 is 2.06 bits per heavy atom. The molecule has 1 aliphatic rings. The first-order valence-electron chi connectivity index (χ1n) is 4.84. The third-order valence-electron chi connectivity index (χ3n) is 2.25. The van der Waals surface area contributed by atoms with Gasteiger partial charge in [0, 0.05) is 6.20 Å². The molecule has 1 saturated carbocycles. The molecule has 1 aromatic rings. The Hall–Kier alpha value is -1.79. The molecule has 0 amide bonds. The minimum atomic E-state index is -4.76. The van der Waals surface area contributed by atoms with Gasteiger partial charge in [-0.3, -0.25) is 4.98 Å². The molecular formula is C10H8F3NO3. The fourth-order valence-electron chi connectivity index (χ4n) is 1.33. The van der Waals surface area contributed by atoms with Gasteiger partial charge >= 0.3 is 12.1 Å². The molecular weight excluding hydrogens is 239 g/mol. The Balaban J connectivity index is 2.47. The van der Waals surface area contributed by atoms with Crippen molar-refractivity contribution >= 4 is 5.97 Å². The third kappa shape index (κ3) is 2.48. The normalized spacial score (nSPS) is 15.7. The molecule has 0 radical (unpaired) electrons. The zero-order valence-electron chi connectivity index (χ0n) is 8.49. The molecule has 0 bridgehead atoms. The topological polar surface area (TPSA) is 59.4 Å². The molecule has 0 aromatic carbocycles. The molecule has 1 aromatic heterocycles. The SMILES string of the molecule is O=C(O)c1c(OC2CC2)cncc1C(F)(F)F. The number of alkyl halides is 3. The van der Waals surface area contributed by atoms with Crippen molar-refractivity contribution in [3.63, 3.8) is 0 Å². The van der Waals surface area contributed by atoms with Gasteiger partial charge in [-0.25, -0.2) is 4.79 Å². The summed E-state index contributed by atoms with van der Waals surface area (Å²) in [6.07, 6.45) is -2.03. The molecule has 0 saturated heterocycles. The highest BCUT2D eigenvalue weighted by Gasteiger charge is 2.38. The van der Waals surface area contributed by atoms with Gasteiger partial charge in [0.05, 0.1) is 17.9 Å². The predicted molar refractivity (Wildman–Crippen MR) is 49.8 cm³/mol. The number of ether oxygens (including phenoxy) is 1. The molecule has 0 unspecified atom stereocenters. The second-order valence-corrected chi connectivity index (χ2v) is 3.68. The number of carbonyl (C=O) groups is 1. The number of aromatic carboxylic acids is 1. The summed E-state index contributed by atoms with van der Waals surface area (Å²) in [7, 11) is 0. The minimum Gasteiger partial charge on any atom is -0.488 e. The molecule has 17 heavy (non-hydrogen) atoms. The first kappa shape index (κ1) is 11.7. The van der Waals surface area contributed by atoms with Gasteiger partial charge in [0.25, 0.3) is 0 Å². The number of hydrogen-bond donors (Lipinski definition) is 1. The Morgan fingerprint density at radius 3 is 2.53 bits per heavy atom. The average Bonchev–Trinajstić information content (AvgIpc) is 2.99. The van der Waals surface area contributed by atoms with Crippen LogP contribution < -0.4 is 4.74 Å². The van der Waals surface area contributed by atoms with Gasteiger partial charge in [-0.2, -0.15) is 13.2 Å². The lowest BCUT2D eigenvalue weighted by atomic mass is 10.1. The number of rotatable bonds is 3. The zero-order valence-corrected chi connectivity index (χ0v) is 8.49. The summed E-state index contributed by atoms with van der Waals surface area (Å²) in [5.74, 6) is -2.00. The standard InChI is InChI=1S/C10H8F3NO3/c11-10(12,13)6-3-14-4-7(8(6)9(15)16)17-5-1-2-5/h3-5H,1-2H2,(H,15,16). The summed E-state index contributed by atoms with van der Waals surface area (Å²) in [5.41, 5.74) is -2.16. The van der Waals surface area contributed by atoms with E-state index in [2.05, 4.69) is 4.98 Å². The largest absolute Gasteiger partial charge is 0.488 e. The van der Waals surface area contributed by atoms with E-state index in [0.717, 1.165) is 19.0 Å². The monoisotopic (exact) mass is 247 g/mol. The Kier molecular flexibility index (Phi) is 2.68. The van der Waals surface area contributed by atoms with Crippen molar-refractivity contribution in [3.05, 3.63) is 23.5 Å². The van der Waals surface area contributed by atoms with Crippen LogP contribution in [0.4, 0.5) is 13.2 Å². The van der Waals surface area contributed by atoms with Gasteiger partial charge in [0.1, 0.15) is 5.56 Å². The van der Waals surface area contributed by atoms with Crippen LogP contribution in [0.5, 0.6) is 5.75 Å². The van der Waals surface area contributed by atoms with Crippen LogP contribution in [0.25, 0.3) is 0 Å². The van der Waals surface area contributed by atoms with Crippen molar-refractivity contribution in [2.24, 2.45) is 0 Å². The fraction of sp³-hybridized carbons (Fsp3) is 0.400.